The first-order valence-corrected chi connectivity index (χ1v) is 7.03. The predicted molar refractivity (Wildman–Crippen MR) is 76.9 cm³/mol. The Labute approximate surface area is 114 Å². The quantitative estimate of drug-likeness (QED) is 0.836. The number of nitrogen functional groups attached to an aromatic ring is 1. The minimum atomic E-state index is 0.568. The minimum Gasteiger partial charge on any atom is -0.398 e. The lowest BCUT2D eigenvalue weighted by atomic mass is 10.1. The molecule has 19 heavy (non-hydrogen) atoms. The number of hydrogen-bond acceptors (Lipinski definition) is 4. The smallest absolute Gasteiger partial charge is 0.101 e. The van der Waals surface area contributed by atoms with E-state index in [1.165, 1.54) is 19.4 Å². The Bertz CT molecular complexity index is 493. The number of nitriles is 1. The van der Waals surface area contributed by atoms with Gasteiger partial charge in [-0.25, -0.2) is 0 Å². The van der Waals surface area contributed by atoms with Gasteiger partial charge >= 0.3 is 0 Å². The van der Waals surface area contributed by atoms with Crippen LogP contribution in [0.3, 0.4) is 0 Å². The van der Waals surface area contributed by atoms with Gasteiger partial charge in [-0.1, -0.05) is 0 Å². The van der Waals surface area contributed by atoms with Crippen molar-refractivity contribution in [3.8, 4) is 6.07 Å². The van der Waals surface area contributed by atoms with Gasteiger partial charge in [0.2, 0.25) is 0 Å². The van der Waals surface area contributed by atoms with Crippen LogP contribution in [-0.2, 0) is 0 Å². The molecule has 4 heteroatoms. The van der Waals surface area contributed by atoms with Crippen LogP contribution in [0.15, 0.2) is 18.2 Å². The van der Waals surface area contributed by atoms with E-state index >= 15 is 0 Å². The van der Waals surface area contributed by atoms with Gasteiger partial charge in [0.25, 0.3) is 0 Å². The number of nitrogens with zero attached hydrogens (tertiary/aromatic N) is 3. The standard InChI is InChI=1S/C15H20N4/c16-10-13-9-14(3-4-15(13)17)19-7-5-18(6-8-19)11-12-1-2-12/h3-4,9,12H,1-2,5-8,11,17H2. The summed E-state index contributed by atoms with van der Waals surface area (Å²) in [7, 11) is 0. The summed E-state index contributed by atoms with van der Waals surface area (Å²) in [5.74, 6) is 0.966. The molecule has 1 aromatic rings. The Balaban J connectivity index is 1.62. The van der Waals surface area contributed by atoms with Gasteiger partial charge < -0.3 is 10.6 Å². The highest BCUT2D eigenvalue weighted by molar-refractivity contribution is 5.62. The predicted octanol–water partition coefficient (Wildman–Crippen LogP) is 1.67. The molecule has 1 saturated heterocycles. The molecule has 100 valence electrons. The van der Waals surface area contributed by atoms with Crippen molar-refractivity contribution < 1.29 is 0 Å². The van der Waals surface area contributed by atoms with E-state index in [0.29, 0.717) is 11.3 Å². The zero-order chi connectivity index (χ0) is 13.2. The summed E-state index contributed by atoms with van der Waals surface area (Å²) in [5.41, 5.74) is 8.04. The van der Waals surface area contributed by atoms with Gasteiger partial charge in [-0.3, -0.25) is 4.90 Å². The number of anilines is 2. The van der Waals surface area contributed by atoms with E-state index in [9.17, 15) is 0 Å². The van der Waals surface area contributed by atoms with Gasteiger partial charge in [0.1, 0.15) is 6.07 Å². The third-order valence-corrected chi connectivity index (χ3v) is 4.11. The Kier molecular flexibility index (Phi) is 3.31. The van der Waals surface area contributed by atoms with E-state index < -0.39 is 0 Å². The molecule has 2 fully saturated rings. The van der Waals surface area contributed by atoms with Crippen molar-refractivity contribution in [2.24, 2.45) is 5.92 Å². The van der Waals surface area contributed by atoms with Crippen LogP contribution >= 0.6 is 0 Å². The van der Waals surface area contributed by atoms with Crippen LogP contribution in [0.4, 0.5) is 11.4 Å². The first-order valence-electron chi connectivity index (χ1n) is 7.03. The Hall–Kier alpha value is -1.73. The fourth-order valence-corrected chi connectivity index (χ4v) is 2.69. The van der Waals surface area contributed by atoms with E-state index in [2.05, 4.69) is 15.9 Å². The molecular weight excluding hydrogens is 236 g/mol. The Morgan fingerprint density at radius 2 is 1.95 bits per heavy atom. The van der Waals surface area contributed by atoms with Crippen LogP contribution in [0.5, 0.6) is 0 Å². The molecule has 0 amide bonds. The monoisotopic (exact) mass is 256 g/mol. The summed E-state index contributed by atoms with van der Waals surface area (Å²) in [4.78, 5) is 4.92. The lowest BCUT2D eigenvalue weighted by molar-refractivity contribution is 0.248. The molecule has 1 heterocycles. The lowest BCUT2D eigenvalue weighted by Crippen LogP contribution is -2.47. The van der Waals surface area contributed by atoms with Crippen molar-refractivity contribution in [3.63, 3.8) is 0 Å². The van der Waals surface area contributed by atoms with E-state index in [1.54, 1.807) is 0 Å². The summed E-state index contributed by atoms with van der Waals surface area (Å²) in [6.07, 6.45) is 2.84. The maximum absolute atomic E-state index is 9.03. The molecule has 4 nitrogen and oxygen atoms in total. The zero-order valence-corrected chi connectivity index (χ0v) is 11.2. The van der Waals surface area contributed by atoms with Crippen molar-refractivity contribution in [3.05, 3.63) is 23.8 Å². The molecule has 1 aliphatic heterocycles. The number of benzene rings is 1. The van der Waals surface area contributed by atoms with Crippen LogP contribution in [-0.4, -0.2) is 37.6 Å². The topological polar surface area (TPSA) is 56.3 Å². The highest BCUT2D eigenvalue weighted by atomic mass is 15.3. The zero-order valence-electron chi connectivity index (χ0n) is 11.2. The third kappa shape index (κ3) is 2.82. The first-order chi connectivity index (χ1) is 9.26. The molecule has 0 unspecified atom stereocenters. The molecule has 2 N–H and O–H groups in total. The maximum atomic E-state index is 9.03. The molecule has 3 rings (SSSR count). The second-order valence-electron chi connectivity index (χ2n) is 5.61. The molecule has 0 spiro atoms. The summed E-state index contributed by atoms with van der Waals surface area (Å²) in [6, 6.07) is 7.92. The van der Waals surface area contributed by atoms with Gasteiger partial charge in [0, 0.05) is 44.1 Å². The maximum Gasteiger partial charge on any atom is 0.101 e. The van der Waals surface area contributed by atoms with Crippen LogP contribution < -0.4 is 10.6 Å². The van der Waals surface area contributed by atoms with Crippen LogP contribution in [0, 0.1) is 17.2 Å². The van der Waals surface area contributed by atoms with Crippen LogP contribution in [0.2, 0.25) is 0 Å². The molecule has 1 saturated carbocycles. The SMILES string of the molecule is N#Cc1cc(N2CCN(CC3CC3)CC2)ccc1N. The highest BCUT2D eigenvalue weighted by Gasteiger charge is 2.26. The summed E-state index contributed by atoms with van der Waals surface area (Å²) >= 11 is 0. The number of nitrogens with two attached hydrogens (primary N) is 1. The molecule has 1 aliphatic carbocycles. The van der Waals surface area contributed by atoms with E-state index in [0.717, 1.165) is 37.8 Å². The average Bonchev–Trinajstić information content (AvgIpc) is 3.24. The second kappa shape index (κ2) is 5.10. The summed E-state index contributed by atoms with van der Waals surface area (Å²) < 4.78 is 0. The van der Waals surface area contributed by atoms with Crippen molar-refractivity contribution in [1.29, 1.82) is 5.26 Å². The van der Waals surface area contributed by atoms with Gasteiger partial charge in [0.15, 0.2) is 0 Å². The number of hydrogen-bond donors (Lipinski definition) is 1. The minimum absolute atomic E-state index is 0.568. The molecule has 0 radical (unpaired) electrons. The van der Waals surface area contributed by atoms with E-state index in [-0.39, 0.29) is 0 Å². The molecule has 2 aliphatic rings. The first kappa shape index (κ1) is 12.3. The fourth-order valence-electron chi connectivity index (χ4n) is 2.69. The number of rotatable bonds is 3. The third-order valence-electron chi connectivity index (χ3n) is 4.11. The van der Waals surface area contributed by atoms with Crippen molar-refractivity contribution in [2.45, 2.75) is 12.8 Å². The number of piperazine rings is 1. The van der Waals surface area contributed by atoms with Crippen LogP contribution in [0.25, 0.3) is 0 Å². The molecule has 0 bridgehead atoms. The van der Waals surface area contributed by atoms with Crippen molar-refractivity contribution >= 4 is 11.4 Å². The molecular formula is C15H20N4. The normalized spacial score (nSPS) is 20.3. The van der Waals surface area contributed by atoms with Crippen LogP contribution in [0.1, 0.15) is 18.4 Å². The van der Waals surface area contributed by atoms with Gasteiger partial charge in [0.05, 0.1) is 5.56 Å². The largest absolute Gasteiger partial charge is 0.398 e. The Morgan fingerprint density at radius 1 is 1.21 bits per heavy atom. The molecule has 0 atom stereocenters. The molecule has 1 aromatic carbocycles. The Morgan fingerprint density at radius 3 is 2.58 bits per heavy atom. The fraction of sp³-hybridized carbons (Fsp3) is 0.533. The van der Waals surface area contributed by atoms with Gasteiger partial charge in [-0.2, -0.15) is 5.26 Å². The van der Waals surface area contributed by atoms with Crippen molar-refractivity contribution in [1.82, 2.24) is 4.90 Å². The summed E-state index contributed by atoms with van der Waals surface area (Å²) in [5, 5.41) is 9.03. The van der Waals surface area contributed by atoms with E-state index in [4.69, 9.17) is 11.0 Å². The van der Waals surface area contributed by atoms with Gasteiger partial charge in [-0.15, -0.1) is 0 Å². The van der Waals surface area contributed by atoms with E-state index in [1.807, 2.05) is 18.2 Å². The van der Waals surface area contributed by atoms with Crippen molar-refractivity contribution in [2.75, 3.05) is 43.4 Å². The lowest BCUT2D eigenvalue weighted by Gasteiger charge is -2.36. The van der Waals surface area contributed by atoms with Gasteiger partial charge in [-0.05, 0) is 37.0 Å². The average molecular weight is 256 g/mol. The summed E-state index contributed by atoms with van der Waals surface area (Å²) in [6.45, 7) is 5.62. The second-order valence-corrected chi connectivity index (χ2v) is 5.61. The molecule has 0 aromatic heterocycles. The highest BCUT2D eigenvalue weighted by Crippen LogP contribution is 2.30.